The molecule has 0 amide bonds. The van der Waals surface area contributed by atoms with Crippen LogP contribution in [0.3, 0.4) is 0 Å². The topological polar surface area (TPSA) is 93.6 Å². The van der Waals surface area contributed by atoms with Crippen molar-refractivity contribution in [3.05, 3.63) is 0 Å². The number of nitrogens with one attached hydrogen (secondary N) is 1. The molecule has 0 aliphatic rings. The van der Waals surface area contributed by atoms with Crippen LogP contribution in [0.1, 0.15) is 13.8 Å². The third-order valence-corrected chi connectivity index (χ3v) is 1.31. The Bertz CT molecular complexity index is 138. The van der Waals surface area contributed by atoms with Crippen molar-refractivity contribution in [3.8, 4) is 0 Å². The van der Waals surface area contributed by atoms with Crippen molar-refractivity contribution in [2.45, 2.75) is 26.1 Å². The van der Waals surface area contributed by atoms with Crippen LogP contribution in [-0.2, 0) is 0 Å². The summed E-state index contributed by atoms with van der Waals surface area (Å²) in [5.41, 5.74) is 5.22. The minimum absolute atomic E-state index is 0.128. The second-order valence-electron chi connectivity index (χ2n) is 2.99. The van der Waals surface area contributed by atoms with Crippen molar-refractivity contribution in [2.24, 2.45) is 5.73 Å². The van der Waals surface area contributed by atoms with E-state index in [2.05, 4.69) is 0 Å². The van der Waals surface area contributed by atoms with E-state index < -0.39 is 12.2 Å². The van der Waals surface area contributed by atoms with E-state index in [9.17, 15) is 0 Å². The van der Waals surface area contributed by atoms with Gasteiger partial charge < -0.3 is 20.8 Å². The summed E-state index contributed by atoms with van der Waals surface area (Å²) in [4.78, 5) is 1.43. The van der Waals surface area contributed by atoms with Gasteiger partial charge in [0.1, 0.15) is 0 Å². The summed E-state index contributed by atoms with van der Waals surface area (Å²) in [7, 11) is 0. The van der Waals surface area contributed by atoms with E-state index in [1.165, 1.54) is 4.90 Å². The zero-order valence-corrected chi connectivity index (χ0v) is 7.49. The summed E-state index contributed by atoms with van der Waals surface area (Å²) < 4.78 is 0. The highest BCUT2D eigenvalue weighted by Crippen LogP contribution is 1.93. The Balaban J connectivity index is 3.96. The minimum atomic E-state index is -0.548. The summed E-state index contributed by atoms with van der Waals surface area (Å²) in [5, 5.41) is 25.1. The quantitative estimate of drug-likeness (QED) is 0.324. The predicted molar refractivity (Wildman–Crippen MR) is 46.8 cm³/mol. The molecule has 0 aromatic heterocycles. The van der Waals surface area contributed by atoms with Crippen LogP contribution in [-0.4, -0.2) is 46.4 Å². The largest absolute Gasteiger partial charge is 0.392 e. The number of rotatable bonds is 4. The molecule has 12 heavy (non-hydrogen) atoms. The first-order chi connectivity index (χ1) is 5.43. The number of aliphatic hydroxyl groups excluding tert-OH is 2. The average molecular weight is 175 g/mol. The number of aliphatic hydroxyl groups is 2. The lowest BCUT2D eigenvalue weighted by atomic mass is 10.3. The fourth-order valence-electron chi connectivity index (χ4n) is 0.909. The molecule has 0 radical (unpaired) electrons. The van der Waals surface area contributed by atoms with Gasteiger partial charge in [0.15, 0.2) is 5.96 Å². The maximum absolute atomic E-state index is 9.01. The highest BCUT2D eigenvalue weighted by atomic mass is 16.3. The molecule has 72 valence electrons. The van der Waals surface area contributed by atoms with E-state index in [-0.39, 0.29) is 19.0 Å². The average Bonchev–Trinajstić information content (AvgIpc) is 1.83. The predicted octanol–water partition coefficient (Wildman–Crippen LogP) is -1.06. The first-order valence-electron chi connectivity index (χ1n) is 3.88. The number of guanidine groups is 1. The zero-order valence-electron chi connectivity index (χ0n) is 7.49. The summed E-state index contributed by atoms with van der Waals surface area (Å²) in [6.45, 7) is 3.77. The van der Waals surface area contributed by atoms with Crippen molar-refractivity contribution in [1.29, 1.82) is 5.41 Å². The van der Waals surface area contributed by atoms with Gasteiger partial charge >= 0.3 is 0 Å². The van der Waals surface area contributed by atoms with Crippen molar-refractivity contribution in [3.63, 3.8) is 0 Å². The molecule has 0 aliphatic carbocycles. The Hall–Kier alpha value is -0.810. The van der Waals surface area contributed by atoms with Crippen LogP contribution >= 0.6 is 0 Å². The summed E-state index contributed by atoms with van der Waals surface area (Å²) in [5.74, 6) is -0.128. The van der Waals surface area contributed by atoms with Crippen molar-refractivity contribution < 1.29 is 10.2 Å². The Morgan fingerprint density at radius 3 is 1.83 bits per heavy atom. The van der Waals surface area contributed by atoms with E-state index in [0.29, 0.717) is 0 Å². The normalized spacial score (nSPS) is 15.3. The molecule has 2 unspecified atom stereocenters. The number of nitrogens with two attached hydrogens (primary N) is 1. The Morgan fingerprint density at radius 2 is 1.67 bits per heavy atom. The van der Waals surface area contributed by atoms with Crippen LogP contribution in [0.4, 0.5) is 0 Å². The number of hydrogen-bond acceptors (Lipinski definition) is 3. The molecular weight excluding hydrogens is 158 g/mol. The Labute approximate surface area is 72.3 Å². The third kappa shape index (κ3) is 4.92. The summed E-state index contributed by atoms with van der Waals surface area (Å²) in [6, 6.07) is 0. The summed E-state index contributed by atoms with van der Waals surface area (Å²) >= 11 is 0. The van der Waals surface area contributed by atoms with Crippen LogP contribution in [0.15, 0.2) is 0 Å². The molecule has 0 aromatic carbocycles. The molecule has 0 fully saturated rings. The monoisotopic (exact) mass is 175 g/mol. The van der Waals surface area contributed by atoms with Gasteiger partial charge in [-0.15, -0.1) is 0 Å². The lowest BCUT2D eigenvalue weighted by Crippen LogP contribution is -2.44. The van der Waals surface area contributed by atoms with Crippen LogP contribution < -0.4 is 5.73 Å². The van der Waals surface area contributed by atoms with Gasteiger partial charge in [-0.25, -0.2) is 0 Å². The SMILES string of the molecule is CC(O)CN(CC(C)O)C(=N)N. The third-order valence-electron chi connectivity index (χ3n) is 1.31. The molecule has 0 heterocycles. The molecule has 0 aliphatic heterocycles. The standard InChI is InChI=1S/C7H17N3O2/c1-5(11)3-10(7(8)9)4-6(2)12/h5-6,11-12H,3-4H2,1-2H3,(H3,8,9). The van der Waals surface area contributed by atoms with E-state index in [1.54, 1.807) is 13.8 Å². The lowest BCUT2D eigenvalue weighted by molar-refractivity contribution is 0.118. The minimum Gasteiger partial charge on any atom is -0.392 e. The molecule has 0 rings (SSSR count). The van der Waals surface area contributed by atoms with E-state index in [1.807, 2.05) is 0 Å². The van der Waals surface area contributed by atoms with Gasteiger partial charge in [-0.05, 0) is 13.8 Å². The fourth-order valence-corrected chi connectivity index (χ4v) is 0.909. The zero-order chi connectivity index (χ0) is 9.72. The number of nitrogens with zero attached hydrogens (tertiary/aromatic N) is 1. The van der Waals surface area contributed by atoms with Gasteiger partial charge in [-0.1, -0.05) is 0 Å². The molecule has 0 aromatic rings. The maximum Gasteiger partial charge on any atom is 0.188 e. The van der Waals surface area contributed by atoms with Gasteiger partial charge in [0, 0.05) is 13.1 Å². The fraction of sp³-hybridized carbons (Fsp3) is 0.857. The van der Waals surface area contributed by atoms with E-state index in [4.69, 9.17) is 21.4 Å². The van der Waals surface area contributed by atoms with E-state index >= 15 is 0 Å². The maximum atomic E-state index is 9.01. The van der Waals surface area contributed by atoms with Gasteiger partial charge in [0.05, 0.1) is 12.2 Å². The van der Waals surface area contributed by atoms with Gasteiger partial charge in [0.2, 0.25) is 0 Å². The summed E-state index contributed by atoms with van der Waals surface area (Å²) in [6.07, 6.45) is -1.10. The molecular formula is C7H17N3O2. The van der Waals surface area contributed by atoms with Crippen LogP contribution in [0.25, 0.3) is 0 Å². The van der Waals surface area contributed by atoms with Crippen LogP contribution in [0, 0.1) is 5.41 Å². The lowest BCUT2D eigenvalue weighted by Gasteiger charge is -2.24. The molecule has 5 nitrogen and oxygen atoms in total. The first kappa shape index (κ1) is 11.2. The van der Waals surface area contributed by atoms with Crippen molar-refractivity contribution in [2.75, 3.05) is 13.1 Å². The van der Waals surface area contributed by atoms with Gasteiger partial charge in [0.25, 0.3) is 0 Å². The molecule has 5 heteroatoms. The highest BCUT2D eigenvalue weighted by Gasteiger charge is 2.11. The molecule has 0 bridgehead atoms. The smallest absolute Gasteiger partial charge is 0.188 e. The van der Waals surface area contributed by atoms with Gasteiger partial charge in [-0.3, -0.25) is 5.41 Å². The first-order valence-corrected chi connectivity index (χ1v) is 3.88. The number of hydrogen-bond donors (Lipinski definition) is 4. The molecule has 2 atom stereocenters. The van der Waals surface area contributed by atoms with Gasteiger partial charge in [-0.2, -0.15) is 0 Å². The van der Waals surface area contributed by atoms with Crippen LogP contribution in [0.2, 0.25) is 0 Å². The molecule has 5 N–H and O–H groups in total. The second kappa shape index (κ2) is 4.95. The van der Waals surface area contributed by atoms with Crippen molar-refractivity contribution >= 4 is 5.96 Å². The molecule has 0 spiro atoms. The highest BCUT2D eigenvalue weighted by molar-refractivity contribution is 5.74. The molecule has 0 saturated carbocycles. The molecule has 0 saturated heterocycles. The Kier molecular flexibility index (Phi) is 4.61. The van der Waals surface area contributed by atoms with Crippen LogP contribution in [0.5, 0.6) is 0 Å². The Morgan fingerprint density at radius 1 is 1.33 bits per heavy atom. The van der Waals surface area contributed by atoms with Crippen molar-refractivity contribution in [1.82, 2.24) is 4.90 Å². The van der Waals surface area contributed by atoms with E-state index in [0.717, 1.165) is 0 Å². The second-order valence-corrected chi connectivity index (χ2v) is 2.99.